The van der Waals surface area contributed by atoms with Crippen molar-refractivity contribution in [2.45, 2.75) is 0 Å². The van der Waals surface area contributed by atoms with E-state index in [1.165, 1.54) is 30.3 Å². The predicted molar refractivity (Wildman–Crippen MR) is 124 cm³/mol. The molecule has 0 aliphatic carbocycles. The summed E-state index contributed by atoms with van der Waals surface area (Å²) in [5.41, 5.74) is 2.59. The van der Waals surface area contributed by atoms with Crippen LogP contribution >= 0.6 is 22.6 Å². The van der Waals surface area contributed by atoms with E-state index in [0.29, 0.717) is 0 Å². The van der Waals surface area contributed by atoms with Crippen molar-refractivity contribution in [1.82, 2.24) is 0 Å². The van der Waals surface area contributed by atoms with Crippen molar-refractivity contribution < 1.29 is 0 Å². The quantitative estimate of drug-likeness (QED) is 0.242. The average molecular weight is 462 g/mol. The molecule has 0 saturated carbocycles. The van der Waals surface area contributed by atoms with E-state index in [1.807, 2.05) is 0 Å². The van der Waals surface area contributed by atoms with Crippen LogP contribution in [0.15, 0.2) is 109 Å². The molecule has 0 radical (unpaired) electrons. The molecule has 0 fully saturated rings. The van der Waals surface area contributed by atoms with Gasteiger partial charge in [0.25, 0.3) is 0 Å². The van der Waals surface area contributed by atoms with Crippen molar-refractivity contribution in [1.29, 1.82) is 0 Å². The van der Waals surface area contributed by atoms with Gasteiger partial charge in [-0.2, -0.15) is 0 Å². The lowest BCUT2D eigenvalue weighted by Crippen LogP contribution is -2.51. The number of hydrogen-bond acceptors (Lipinski definition) is 0. The van der Waals surface area contributed by atoms with Gasteiger partial charge in [0.1, 0.15) is 8.80 Å². The maximum atomic E-state index is 2.41. The summed E-state index contributed by atoms with van der Waals surface area (Å²) < 4.78 is 1.29. The topological polar surface area (TPSA) is 0 Å². The average Bonchev–Trinajstić information content (AvgIpc) is 2.71. The molecule has 0 heterocycles. The summed E-state index contributed by atoms with van der Waals surface area (Å²) in [6, 6.07) is 39.7. The van der Waals surface area contributed by atoms with Crippen LogP contribution in [0.2, 0.25) is 0 Å². The van der Waals surface area contributed by atoms with Crippen LogP contribution in [0.4, 0.5) is 0 Å². The third kappa shape index (κ3) is 3.66. The summed E-state index contributed by atoms with van der Waals surface area (Å²) >= 11 is 2.41. The number of benzene rings is 4. The first-order valence-corrected chi connectivity index (χ1v) is 11.6. The van der Waals surface area contributed by atoms with Crippen molar-refractivity contribution in [2.24, 2.45) is 0 Å². The van der Waals surface area contributed by atoms with Gasteiger partial charge < -0.3 is 0 Å². The molecule has 0 aromatic heterocycles. The molecule has 0 bridgehead atoms. The van der Waals surface area contributed by atoms with Crippen molar-refractivity contribution in [3.05, 3.63) is 113 Å². The van der Waals surface area contributed by atoms with Crippen LogP contribution in [0.5, 0.6) is 0 Å². The fourth-order valence-corrected chi connectivity index (χ4v) is 7.06. The van der Waals surface area contributed by atoms with Crippen molar-refractivity contribution in [3.63, 3.8) is 0 Å². The highest BCUT2D eigenvalue weighted by Crippen LogP contribution is 2.24. The van der Waals surface area contributed by atoms with Gasteiger partial charge in [0.15, 0.2) is 0 Å². The molecule has 4 aromatic rings. The number of halogens is 1. The van der Waals surface area contributed by atoms with Crippen molar-refractivity contribution >= 4 is 46.9 Å². The highest BCUT2D eigenvalue weighted by Gasteiger charge is 2.18. The first kappa shape index (κ1) is 17.3. The molecule has 0 aliphatic heterocycles. The second-order valence-corrected chi connectivity index (χ2v) is 10.4. The molecular formula is C24H19ISi. The van der Waals surface area contributed by atoms with E-state index < -0.39 is 8.80 Å². The highest BCUT2D eigenvalue weighted by molar-refractivity contribution is 14.1. The van der Waals surface area contributed by atoms with E-state index in [0.717, 1.165) is 0 Å². The predicted octanol–water partition coefficient (Wildman–Crippen LogP) is 4.21. The molecule has 0 atom stereocenters. The first-order chi connectivity index (χ1) is 12.8. The monoisotopic (exact) mass is 462 g/mol. The molecule has 26 heavy (non-hydrogen) atoms. The Balaban J connectivity index is 1.76. The Kier molecular flexibility index (Phi) is 5.32. The molecule has 126 valence electrons. The first-order valence-electron chi connectivity index (χ1n) is 8.78. The normalized spacial score (nSPS) is 10.8. The Morgan fingerprint density at radius 1 is 0.462 bits per heavy atom. The smallest absolute Gasteiger partial charge is 0.0625 e. The van der Waals surface area contributed by atoms with Crippen LogP contribution in [0, 0.1) is 3.57 Å². The van der Waals surface area contributed by atoms with Gasteiger partial charge in [0.2, 0.25) is 0 Å². The largest absolute Gasteiger partial charge is 0.132 e. The minimum atomic E-state index is -1.44. The van der Waals surface area contributed by atoms with Crippen LogP contribution in [0.1, 0.15) is 0 Å². The fraction of sp³-hybridized carbons (Fsp3) is 0. The Labute approximate surface area is 170 Å². The van der Waals surface area contributed by atoms with Crippen LogP contribution in [-0.2, 0) is 0 Å². The fourth-order valence-electron chi connectivity index (χ4n) is 3.42. The van der Waals surface area contributed by atoms with Gasteiger partial charge >= 0.3 is 0 Å². The lowest BCUT2D eigenvalue weighted by atomic mass is 10.1. The highest BCUT2D eigenvalue weighted by atomic mass is 127. The number of hydrogen-bond donors (Lipinski definition) is 0. The Bertz CT molecular complexity index is 940. The van der Waals surface area contributed by atoms with Crippen LogP contribution in [-0.4, -0.2) is 8.80 Å². The van der Waals surface area contributed by atoms with Crippen LogP contribution in [0.25, 0.3) is 11.1 Å². The van der Waals surface area contributed by atoms with Crippen LogP contribution in [0.3, 0.4) is 0 Å². The molecular weight excluding hydrogens is 443 g/mol. The molecule has 0 spiro atoms. The third-order valence-electron chi connectivity index (χ3n) is 4.69. The Morgan fingerprint density at radius 2 is 0.923 bits per heavy atom. The van der Waals surface area contributed by atoms with E-state index >= 15 is 0 Å². The Morgan fingerprint density at radius 3 is 1.46 bits per heavy atom. The SMILES string of the molecule is Ic1ccccc1-c1ccc([SiH](c2ccccc2)c2ccccc2)cc1. The zero-order valence-corrected chi connectivity index (χ0v) is 17.7. The lowest BCUT2D eigenvalue weighted by molar-refractivity contribution is 1.59. The minimum absolute atomic E-state index is 1.28. The van der Waals surface area contributed by atoms with E-state index in [9.17, 15) is 0 Å². The molecule has 4 rings (SSSR count). The van der Waals surface area contributed by atoms with Crippen molar-refractivity contribution in [2.75, 3.05) is 0 Å². The second-order valence-electron chi connectivity index (χ2n) is 6.36. The Hall–Kier alpha value is -2.17. The van der Waals surface area contributed by atoms with E-state index in [2.05, 4.69) is 132 Å². The van der Waals surface area contributed by atoms with Gasteiger partial charge in [-0.25, -0.2) is 0 Å². The molecule has 0 nitrogen and oxygen atoms in total. The van der Waals surface area contributed by atoms with Gasteiger partial charge in [0, 0.05) is 3.57 Å². The minimum Gasteiger partial charge on any atom is -0.0625 e. The van der Waals surface area contributed by atoms with E-state index in [1.54, 1.807) is 0 Å². The maximum Gasteiger partial charge on any atom is 0.132 e. The summed E-state index contributed by atoms with van der Waals surface area (Å²) in [5.74, 6) is 0. The van der Waals surface area contributed by atoms with Gasteiger partial charge in [-0.3, -0.25) is 0 Å². The van der Waals surface area contributed by atoms with E-state index in [4.69, 9.17) is 0 Å². The summed E-state index contributed by atoms with van der Waals surface area (Å²) in [6.07, 6.45) is 0. The maximum absolute atomic E-state index is 2.41. The summed E-state index contributed by atoms with van der Waals surface area (Å²) in [6.45, 7) is 0. The van der Waals surface area contributed by atoms with E-state index in [-0.39, 0.29) is 0 Å². The third-order valence-corrected chi connectivity index (χ3v) is 8.79. The molecule has 0 amide bonds. The summed E-state index contributed by atoms with van der Waals surface area (Å²) in [7, 11) is -1.44. The zero-order chi connectivity index (χ0) is 17.8. The molecule has 0 aliphatic rings. The van der Waals surface area contributed by atoms with Gasteiger partial charge in [-0.05, 0) is 39.8 Å². The van der Waals surface area contributed by atoms with Gasteiger partial charge in [0.05, 0.1) is 0 Å². The van der Waals surface area contributed by atoms with Gasteiger partial charge in [-0.15, -0.1) is 0 Å². The van der Waals surface area contributed by atoms with Crippen LogP contribution < -0.4 is 15.6 Å². The number of rotatable bonds is 4. The second kappa shape index (κ2) is 8.02. The van der Waals surface area contributed by atoms with Crippen molar-refractivity contribution in [3.8, 4) is 11.1 Å². The zero-order valence-electron chi connectivity index (χ0n) is 14.3. The summed E-state index contributed by atoms with van der Waals surface area (Å²) in [4.78, 5) is 0. The summed E-state index contributed by atoms with van der Waals surface area (Å²) in [5, 5.41) is 4.37. The molecule has 0 unspecified atom stereocenters. The molecule has 0 saturated heterocycles. The molecule has 2 heteroatoms. The molecule has 0 N–H and O–H groups in total. The lowest BCUT2D eigenvalue weighted by Gasteiger charge is -2.18. The molecule has 4 aromatic carbocycles. The van der Waals surface area contributed by atoms with Gasteiger partial charge in [-0.1, -0.05) is 119 Å². The standard InChI is InChI=1S/C24H19ISi/c25-24-14-8-7-13-23(24)19-15-17-22(18-16-19)26(20-9-3-1-4-10-20)21-11-5-2-6-12-21/h1-18,26H.